The second-order valence-electron chi connectivity index (χ2n) is 3.80. The molecule has 0 bridgehead atoms. The average Bonchev–Trinajstić information content (AvgIpc) is 2.69. The van der Waals surface area contributed by atoms with Crippen LogP contribution in [0.5, 0.6) is 0 Å². The average molecular weight is 230 g/mol. The Morgan fingerprint density at radius 1 is 1.29 bits per heavy atom. The van der Waals surface area contributed by atoms with E-state index in [1.165, 1.54) is 0 Å². The summed E-state index contributed by atoms with van der Waals surface area (Å²) in [7, 11) is 1.77. The predicted octanol–water partition coefficient (Wildman–Crippen LogP) is 1.05. The highest BCUT2D eigenvalue weighted by atomic mass is 16.2. The molecule has 1 N–H and O–H groups in total. The number of aromatic nitrogens is 3. The van der Waals surface area contributed by atoms with Crippen molar-refractivity contribution in [2.24, 2.45) is 7.05 Å². The van der Waals surface area contributed by atoms with Crippen LogP contribution >= 0.6 is 0 Å². The van der Waals surface area contributed by atoms with Crippen LogP contribution in [0.3, 0.4) is 0 Å². The molecule has 1 amide bonds. The largest absolute Gasteiger partial charge is 0.345 e. The van der Waals surface area contributed by atoms with Crippen molar-refractivity contribution in [3.63, 3.8) is 0 Å². The summed E-state index contributed by atoms with van der Waals surface area (Å²) in [6.07, 6.45) is 0. The molecule has 1 aromatic heterocycles. The van der Waals surface area contributed by atoms with Crippen molar-refractivity contribution in [2.75, 3.05) is 0 Å². The summed E-state index contributed by atoms with van der Waals surface area (Å²) < 4.78 is 1.67. The highest BCUT2D eigenvalue weighted by Gasteiger charge is 2.13. The Morgan fingerprint density at radius 2 is 2.00 bits per heavy atom. The van der Waals surface area contributed by atoms with Gasteiger partial charge < -0.3 is 9.88 Å². The van der Waals surface area contributed by atoms with E-state index in [4.69, 9.17) is 0 Å². The zero-order chi connectivity index (χ0) is 12.3. The smallest absolute Gasteiger partial charge is 0.289 e. The number of benzene rings is 1. The second kappa shape index (κ2) is 4.78. The number of carbonyl (C=O) groups excluding carboxylic acids is 1. The highest BCUT2D eigenvalue weighted by molar-refractivity contribution is 5.90. The van der Waals surface area contributed by atoms with E-state index < -0.39 is 0 Å². The van der Waals surface area contributed by atoms with E-state index in [1.807, 2.05) is 30.3 Å². The van der Waals surface area contributed by atoms with E-state index in [1.54, 1.807) is 18.5 Å². The second-order valence-corrected chi connectivity index (χ2v) is 3.80. The lowest BCUT2D eigenvalue weighted by molar-refractivity contribution is 0.0937. The molecular weight excluding hydrogens is 216 g/mol. The van der Waals surface area contributed by atoms with Gasteiger partial charge in [-0.05, 0) is 12.5 Å². The van der Waals surface area contributed by atoms with Crippen LogP contribution in [0.2, 0.25) is 0 Å². The fraction of sp³-hybridized carbons (Fsp3) is 0.250. The van der Waals surface area contributed by atoms with Crippen LogP contribution in [0.25, 0.3) is 0 Å². The molecule has 0 aliphatic carbocycles. The Balaban J connectivity index is 2.01. The van der Waals surface area contributed by atoms with Crippen molar-refractivity contribution >= 4 is 5.91 Å². The maximum Gasteiger partial charge on any atom is 0.289 e. The van der Waals surface area contributed by atoms with Crippen molar-refractivity contribution in [3.05, 3.63) is 47.5 Å². The summed E-state index contributed by atoms with van der Waals surface area (Å²) in [6, 6.07) is 9.74. The normalized spacial score (nSPS) is 10.2. The molecular formula is C12H14N4O. The van der Waals surface area contributed by atoms with Gasteiger partial charge in [0.25, 0.3) is 5.91 Å². The van der Waals surface area contributed by atoms with E-state index in [2.05, 4.69) is 15.5 Å². The Bertz CT molecular complexity index is 519. The van der Waals surface area contributed by atoms with Crippen LogP contribution in [-0.4, -0.2) is 20.7 Å². The predicted molar refractivity (Wildman–Crippen MR) is 63.4 cm³/mol. The van der Waals surface area contributed by atoms with Gasteiger partial charge in [0.1, 0.15) is 5.82 Å². The number of nitrogens with one attached hydrogen (secondary N) is 1. The Morgan fingerprint density at radius 3 is 2.59 bits per heavy atom. The molecule has 2 aromatic rings. The fourth-order valence-corrected chi connectivity index (χ4v) is 1.46. The third kappa shape index (κ3) is 2.50. The zero-order valence-electron chi connectivity index (χ0n) is 9.84. The molecule has 1 aromatic carbocycles. The van der Waals surface area contributed by atoms with Crippen molar-refractivity contribution in [3.8, 4) is 0 Å². The lowest BCUT2D eigenvalue weighted by Crippen LogP contribution is -2.25. The number of hydrogen-bond acceptors (Lipinski definition) is 3. The summed E-state index contributed by atoms with van der Waals surface area (Å²) in [5.74, 6) is 0.838. The SMILES string of the molecule is Cc1nnc(C(=O)NCc2ccccc2)n1C. The van der Waals surface area contributed by atoms with Gasteiger partial charge in [0.2, 0.25) is 5.82 Å². The molecule has 0 saturated heterocycles. The Labute approximate surface area is 99.5 Å². The van der Waals surface area contributed by atoms with Gasteiger partial charge in [0, 0.05) is 13.6 Å². The lowest BCUT2D eigenvalue weighted by Gasteiger charge is -2.04. The number of rotatable bonds is 3. The van der Waals surface area contributed by atoms with Crippen LogP contribution in [0.4, 0.5) is 0 Å². The number of nitrogens with zero attached hydrogens (tertiary/aromatic N) is 3. The van der Waals surface area contributed by atoms with Crippen LogP contribution in [0.1, 0.15) is 22.0 Å². The van der Waals surface area contributed by atoms with Gasteiger partial charge >= 0.3 is 0 Å². The van der Waals surface area contributed by atoms with Crippen LogP contribution in [-0.2, 0) is 13.6 Å². The Hall–Kier alpha value is -2.17. The molecule has 0 aliphatic heterocycles. The summed E-state index contributed by atoms with van der Waals surface area (Å²) in [5.41, 5.74) is 1.06. The molecule has 5 nitrogen and oxygen atoms in total. The topological polar surface area (TPSA) is 59.8 Å². The van der Waals surface area contributed by atoms with Crippen molar-refractivity contribution in [2.45, 2.75) is 13.5 Å². The minimum Gasteiger partial charge on any atom is -0.345 e. The monoisotopic (exact) mass is 230 g/mol. The van der Waals surface area contributed by atoms with Crippen molar-refractivity contribution in [1.29, 1.82) is 0 Å². The third-order valence-electron chi connectivity index (χ3n) is 2.59. The number of amides is 1. The van der Waals surface area contributed by atoms with Crippen LogP contribution in [0.15, 0.2) is 30.3 Å². The van der Waals surface area contributed by atoms with Gasteiger partial charge in [-0.3, -0.25) is 4.79 Å². The van der Waals surface area contributed by atoms with E-state index in [0.29, 0.717) is 12.4 Å². The first-order valence-electron chi connectivity index (χ1n) is 5.36. The van der Waals surface area contributed by atoms with Crippen LogP contribution in [0, 0.1) is 6.92 Å². The molecule has 0 atom stereocenters. The van der Waals surface area contributed by atoms with E-state index in [-0.39, 0.29) is 5.91 Å². The first-order chi connectivity index (χ1) is 8.18. The van der Waals surface area contributed by atoms with Crippen molar-refractivity contribution in [1.82, 2.24) is 20.1 Å². The summed E-state index contributed by atoms with van der Waals surface area (Å²) >= 11 is 0. The molecule has 1 heterocycles. The standard InChI is InChI=1S/C12H14N4O/c1-9-14-15-11(16(9)2)12(17)13-8-10-6-4-3-5-7-10/h3-7H,8H2,1-2H3,(H,13,17). The van der Waals surface area contributed by atoms with Crippen LogP contribution < -0.4 is 5.32 Å². The van der Waals surface area contributed by atoms with E-state index in [9.17, 15) is 4.79 Å². The Kier molecular flexibility index (Phi) is 3.18. The molecule has 0 unspecified atom stereocenters. The molecule has 0 saturated carbocycles. The maximum atomic E-state index is 11.8. The van der Waals surface area contributed by atoms with Gasteiger partial charge in [-0.2, -0.15) is 0 Å². The summed E-state index contributed by atoms with van der Waals surface area (Å²) in [5, 5.41) is 10.5. The third-order valence-corrected chi connectivity index (χ3v) is 2.59. The van der Waals surface area contributed by atoms with Gasteiger partial charge in [-0.1, -0.05) is 30.3 Å². The zero-order valence-corrected chi connectivity index (χ0v) is 9.84. The lowest BCUT2D eigenvalue weighted by atomic mass is 10.2. The molecule has 0 radical (unpaired) electrons. The molecule has 0 aliphatic rings. The minimum absolute atomic E-state index is 0.211. The number of carbonyl (C=O) groups is 1. The van der Waals surface area contributed by atoms with Gasteiger partial charge in [0.05, 0.1) is 0 Å². The molecule has 17 heavy (non-hydrogen) atoms. The molecule has 2 rings (SSSR count). The first-order valence-corrected chi connectivity index (χ1v) is 5.36. The molecule has 0 spiro atoms. The fourth-order valence-electron chi connectivity index (χ4n) is 1.46. The highest BCUT2D eigenvalue weighted by Crippen LogP contribution is 2.00. The summed E-state index contributed by atoms with van der Waals surface area (Å²) in [4.78, 5) is 11.8. The maximum absolute atomic E-state index is 11.8. The van der Waals surface area contributed by atoms with E-state index in [0.717, 1.165) is 11.4 Å². The molecule has 0 fully saturated rings. The molecule has 88 valence electrons. The van der Waals surface area contributed by atoms with Crippen molar-refractivity contribution < 1.29 is 4.79 Å². The number of aryl methyl sites for hydroxylation is 1. The van der Waals surface area contributed by atoms with Gasteiger partial charge in [-0.25, -0.2) is 0 Å². The minimum atomic E-state index is -0.211. The number of hydrogen-bond donors (Lipinski definition) is 1. The van der Waals surface area contributed by atoms with E-state index >= 15 is 0 Å². The van der Waals surface area contributed by atoms with Gasteiger partial charge in [-0.15, -0.1) is 10.2 Å². The van der Waals surface area contributed by atoms with Gasteiger partial charge in [0.15, 0.2) is 0 Å². The quantitative estimate of drug-likeness (QED) is 0.857. The summed E-state index contributed by atoms with van der Waals surface area (Å²) in [6.45, 7) is 2.30. The first kappa shape index (κ1) is 11.3. The molecule has 5 heteroatoms.